The summed E-state index contributed by atoms with van der Waals surface area (Å²) in [5.41, 5.74) is 0.886. The van der Waals surface area contributed by atoms with Crippen molar-refractivity contribution in [2.24, 2.45) is 9.98 Å². The fourth-order valence-electron chi connectivity index (χ4n) is 4.28. The molecule has 30 heavy (non-hydrogen) atoms. The topological polar surface area (TPSA) is 40.4 Å². The zero-order chi connectivity index (χ0) is 21.3. The highest BCUT2D eigenvalue weighted by Gasteiger charge is 2.39. The summed E-state index contributed by atoms with van der Waals surface area (Å²) in [5, 5.41) is 1.99. The molecule has 1 saturated heterocycles. The van der Waals surface area contributed by atoms with E-state index in [1.165, 1.54) is 12.8 Å². The lowest BCUT2D eigenvalue weighted by atomic mass is 10.0. The van der Waals surface area contributed by atoms with Crippen LogP contribution in [0.1, 0.15) is 24.8 Å². The maximum Gasteiger partial charge on any atom is 0.230 e. The molecule has 5 nitrogen and oxygen atoms in total. The number of hydrogen-bond donors (Lipinski definition) is 0. The van der Waals surface area contributed by atoms with Gasteiger partial charge in [-0.05, 0) is 50.4 Å². The van der Waals surface area contributed by atoms with E-state index in [4.69, 9.17) is 44.5 Å². The number of fused-ring (bicyclic) bond motifs is 1. The summed E-state index contributed by atoms with van der Waals surface area (Å²) in [6.45, 7) is 1.87. The van der Waals surface area contributed by atoms with Gasteiger partial charge in [-0.3, -0.25) is 0 Å². The highest BCUT2D eigenvalue weighted by Crippen LogP contribution is 2.37. The normalized spacial score (nSPS) is 22.6. The van der Waals surface area contributed by atoms with Crippen LogP contribution in [0, 0.1) is 0 Å². The lowest BCUT2D eigenvalue weighted by Crippen LogP contribution is -2.46. The molecule has 4 rings (SSSR count). The Bertz CT molecular complexity index is 972. The Morgan fingerprint density at radius 3 is 2.57 bits per heavy atom. The number of alkyl halides is 3. The van der Waals surface area contributed by atoms with Crippen LogP contribution < -0.4 is 4.74 Å². The van der Waals surface area contributed by atoms with Gasteiger partial charge in [-0.15, -0.1) is 0 Å². The van der Waals surface area contributed by atoms with Crippen LogP contribution in [0.4, 0.5) is 0 Å². The predicted octanol–water partition coefficient (Wildman–Crippen LogP) is 5.12. The van der Waals surface area contributed by atoms with Crippen molar-refractivity contribution in [1.82, 2.24) is 9.80 Å². The molecule has 2 aliphatic heterocycles. The first-order chi connectivity index (χ1) is 14.4. The van der Waals surface area contributed by atoms with E-state index in [0.29, 0.717) is 11.9 Å². The molecule has 0 bridgehead atoms. The third kappa shape index (κ3) is 4.40. The van der Waals surface area contributed by atoms with Crippen molar-refractivity contribution in [2.75, 3.05) is 27.2 Å². The van der Waals surface area contributed by atoms with E-state index < -0.39 is 9.96 Å². The molecule has 0 aliphatic carbocycles. The van der Waals surface area contributed by atoms with Gasteiger partial charge in [0.15, 0.2) is 12.0 Å². The summed E-state index contributed by atoms with van der Waals surface area (Å²) < 4.78 is 3.93. The first-order valence-corrected chi connectivity index (χ1v) is 11.2. The van der Waals surface area contributed by atoms with Crippen LogP contribution in [0.3, 0.4) is 0 Å². The average Bonchev–Trinajstić information content (AvgIpc) is 3.15. The summed E-state index contributed by atoms with van der Waals surface area (Å²) in [5.74, 6) is 1.36. The maximum absolute atomic E-state index is 6.34. The van der Waals surface area contributed by atoms with Gasteiger partial charge in [-0.1, -0.05) is 59.1 Å². The minimum atomic E-state index is -1.57. The van der Waals surface area contributed by atoms with Crippen molar-refractivity contribution in [3.05, 3.63) is 42.0 Å². The smallest absolute Gasteiger partial charge is 0.230 e. The van der Waals surface area contributed by atoms with Crippen LogP contribution in [-0.2, 0) is 0 Å². The highest BCUT2D eigenvalue weighted by atomic mass is 35.6. The fourth-order valence-corrected chi connectivity index (χ4v) is 4.80. The average molecular weight is 468 g/mol. The van der Waals surface area contributed by atoms with E-state index in [1.54, 1.807) is 13.4 Å². The van der Waals surface area contributed by atoms with Gasteiger partial charge in [0, 0.05) is 23.5 Å². The van der Waals surface area contributed by atoms with Crippen molar-refractivity contribution >= 4 is 57.7 Å². The summed E-state index contributed by atoms with van der Waals surface area (Å²) >= 11 is 19.0. The first-order valence-electron chi connectivity index (χ1n) is 10.1. The Kier molecular flexibility index (Phi) is 6.44. The van der Waals surface area contributed by atoms with Crippen molar-refractivity contribution in [1.29, 1.82) is 0 Å². The predicted molar refractivity (Wildman–Crippen MR) is 127 cm³/mol. The Morgan fingerprint density at radius 2 is 1.90 bits per heavy atom. The number of likely N-dealkylation sites (tertiary alicyclic amines) is 1. The highest BCUT2D eigenvalue weighted by molar-refractivity contribution is 6.68. The number of nitrogens with zero attached hydrogens (tertiary/aromatic N) is 4. The van der Waals surface area contributed by atoms with Crippen LogP contribution in [-0.4, -0.2) is 65.2 Å². The number of halogens is 3. The largest absolute Gasteiger partial charge is 0.496 e. The van der Waals surface area contributed by atoms with Crippen molar-refractivity contribution in [3.8, 4) is 5.75 Å². The molecule has 2 aliphatic rings. The number of benzene rings is 2. The van der Waals surface area contributed by atoms with Crippen molar-refractivity contribution in [2.45, 2.75) is 35.3 Å². The molecule has 2 aromatic rings. The van der Waals surface area contributed by atoms with Crippen LogP contribution >= 0.6 is 34.8 Å². The van der Waals surface area contributed by atoms with E-state index in [9.17, 15) is 0 Å². The van der Waals surface area contributed by atoms with Crippen molar-refractivity contribution in [3.63, 3.8) is 0 Å². The van der Waals surface area contributed by atoms with Gasteiger partial charge in [-0.25, -0.2) is 9.98 Å². The van der Waals surface area contributed by atoms with Gasteiger partial charge in [0.25, 0.3) is 0 Å². The van der Waals surface area contributed by atoms with Gasteiger partial charge in [0.1, 0.15) is 5.75 Å². The quantitative estimate of drug-likeness (QED) is 0.573. The van der Waals surface area contributed by atoms with E-state index in [-0.39, 0.29) is 0 Å². The zero-order valence-electron chi connectivity index (χ0n) is 17.1. The van der Waals surface area contributed by atoms with Gasteiger partial charge in [0.2, 0.25) is 3.79 Å². The molecule has 2 atom stereocenters. The molecule has 0 saturated carbocycles. The molecule has 1 fully saturated rings. The molecule has 0 spiro atoms. The van der Waals surface area contributed by atoms with Gasteiger partial charge in [-0.2, -0.15) is 0 Å². The fraction of sp³-hybridized carbons (Fsp3) is 0.455. The molecular formula is C22H25Cl3N4O. The van der Waals surface area contributed by atoms with E-state index in [1.807, 2.05) is 41.3 Å². The number of hydrogen-bond acceptors (Lipinski definition) is 5. The summed E-state index contributed by atoms with van der Waals surface area (Å²) in [7, 11) is 3.83. The number of amidine groups is 1. The maximum atomic E-state index is 6.34. The second-order valence-electron chi connectivity index (χ2n) is 7.78. The monoisotopic (exact) mass is 466 g/mol. The molecule has 2 unspecified atom stereocenters. The minimum absolute atomic E-state index is 0.547. The number of methoxy groups -OCH3 is 1. The van der Waals surface area contributed by atoms with Gasteiger partial charge in [0.05, 0.1) is 13.4 Å². The zero-order valence-corrected chi connectivity index (χ0v) is 19.3. The molecular weight excluding hydrogens is 443 g/mol. The van der Waals surface area contributed by atoms with Gasteiger partial charge >= 0.3 is 0 Å². The molecule has 0 amide bonds. The van der Waals surface area contributed by atoms with E-state index in [0.717, 1.165) is 41.6 Å². The number of aliphatic imine (C=N–C) groups is 2. The molecule has 2 aromatic carbocycles. The van der Waals surface area contributed by atoms with Gasteiger partial charge < -0.3 is 14.5 Å². The number of ether oxygens (including phenoxy) is 1. The molecule has 160 valence electrons. The lowest BCUT2D eigenvalue weighted by molar-refractivity contribution is 0.250. The summed E-state index contributed by atoms with van der Waals surface area (Å²) in [6, 6.07) is 12.4. The van der Waals surface area contributed by atoms with Crippen molar-refractivity contribution < 1.29 is 4.74 Å². The Labute approximate surface area is 192 Å². The Balaban J connectivity index is 1.64. The van der Waals surface area contributed by atoms with Crippen LogP contribution in [0.5, 0.6) is 5.75 Å². The summed E-state index contributed by atoms with van der Waals surface area (Å²) in [4.78, 5) is 13.7. The molecule has 0 N–H and O–H groups in total. The molecule has 8 heteroatoms. The standard InChI is InChI=1S/C22H25Cl3N4O/c1-28-12-5-6-15(28)11-13-29-14-26-20(27-21(29)22(23,24)25)18-9-10-19(30-2)17-8-4-3-7-16(17)18/h3-4,7-10,14-15,21H,5-6,11-13H2,1-2H3. The Hall–Kier alpha value is -1.53. The second kappa shape index (κ2) is 8.91. The molecule has 0 aromatic heterocycles. The van der Waals surface area contributed by atoms with E-state index >= 15 is 0 Å². The molecule has 0 radical (unpaired) electrons. The summed E-state index contributed by atoms with van der Waals surface area (Å²) in [6.07, 6.45) is 4.55. The SMILES string of the molecule is COc1ccc(C2=NC(C(Cl)(Cl)Cl)N(CCC3CCCN3C)C=N2)c2ccccc12. The third-order valence-corrected chi connectivity index (χ3v) is 6.50. The van der Waals surface area contributed by atoms with E-state index in [2.05, 4.69) is 16.9 Å². The van der Waals surface area contributed by atoms with Crippen LogP contribution in [0.15, 0.2) is 46.4 Å². The van der Waals surface area contributed by atoms with Crippen LogP contribution in [0.25, 0.3) is 10.8 Å². The second-order valence-corrected chi connectivity index (χ2v) is 10.1. The number of rotatable bonds is 5. The lowest BCUT2D eigenvalue weighted by Gasteiger charge is -2.35. The Morgan fingerprint density at radius 1 is 1.13 bits per heavy atom. The molecule has 2 heterocycles. The third-order valence-electron chi connectivity index (χ3n) is 5.92. The van der Waals surface area contributed by atoms with Crippen LogP contribution in [0.2, 0.25) is 0 Å². The minimum Gasteiger partial charge on any atom is -0.496 e. The first kappa shape index (κ1) is 21.7.